The molecule has 1 saturated heterocycles. The van der Waals surface area contributed by atoms with Crippen LogP contribution in [0.15, 0.2) is 42.5 Å². The number of hydrogen-bond donors (Lipinski definition) is 1. The van der Waals surface area contributed by atoms with E-state index >= 15 is 0 Å². The molecule has 0 aromatic heterocycles. The first-order chi connectivity index (χ1) is 12.7. The molecular weight excluding hydrogens is 326 g/mol. The van der Waals surface area contributed by atoms with Crippen molar-refractivity contribution < 1.29 is 9.53 Å². The number of likely N-dealkylation sites (tertiary alicyclic amines) is 1. The smallest absolute Gasteiger partial charge is 0.317 e. The fraction of sp³-hybridized carbons (Fsp3) is 0.476. The van der Waals surface area contributed by atoms with Gasteiger partial charge in [0.15, 0.2) is 0 Å². The lowest BCUT2D eigenvalue weighted by molar-refractivity contribution is 0.146. The number of urea groups is 1. The van der Waals surface area contributed by atoms with Crippen LogP contribution in [0.5, 0.6) is 0 Å². The number of hydrogen-bond acceptors (Lipinski definition) is 3. The van der Waals surface area contributed by atoms with Crippen LogP contribution < -0.4 is 5.32 Å². The molecule has 0 spiro atoms. The summed E-state index contributed by atoms with van der Waals surface area (Å²) in [6.07, 6.45) is 1.15. The van der Waals surface area contributed by atoms with Gasteiger partial charge in [-0.15, -0.1) is 0 Å². The minimum absolute atomic E-state index is 0.00969. The maximum absolute atomic E-state index is 12.8. The Labute approximate surface area is 155 Å². The van der Waals surface area contributed by atoms with E-state index in [1.54, 1.807) is 7.11 Å². The molecule has 0 bridgehead atoms. The van der Waals surface area contributed by atoms with Gasteiger partial charge in [0.25, 0.3) is 0 Å². The Bertz CT molecular complexity index is 729. The van der Waals surface area contributed by atoms with E-state index in [1.165, 1.54) is 10.8 Å². The summed E-state index contributed by atoms with van der Waals surface area (Å²) in [6, 6.07) is 14.6. The third-order valence-corrected chi connectivity index (χ3v) is 5.12. The first-order valence-corrected chi connectivity index (χ1v) is 9.34. The van der Waals surface area contributed by atoms with Crippen molar-refractivity contribution in [3.63, 3.8) is 0 Å². The van der Waals surface area contributed by atoms with Crippen molar-refractivity contribution in [3.05, 3.63) is 48.0 Å². The lowest BCUT2D eigenvalue weighted by Gasteiger charge is -2.24. The highest BCUT2D eigenvalue weighted by molar-refractivity contribution is 5.86. The van der Waals surface area contributed by atoms with Crippen LogP contribution in [-0.4, -0.2) is 62.8 Å². The molecule has 2 aromatic carbocycles. The van der Waals surface area contributed by atoms with E-state index in [4.69, 9.17) is 4.74 Å². The summed E-state index contributed by atoms with van der Waals surface area (Å²) in [5, 5.41) is 5.52. The molecule has 1 N–H and O–H groups in total. The molecule has 3 rings (SSSR count). The number of fused-ring (bicyclic) bond motifs is 1. The van der Waals surface area contributed by atoms with E-state index in [0.717, 1.165) is 31.6 Å². The summed E-state index contributed by atoms with van der Waals surface area (Å²) in [5.74, 6) is 0.547. The summed E-state index contributed by atoms with van der Waals surface area (Å²) >= 11 is 0. The van der Waals surface area contributed by atoms with E-state index in [1.807, 2.05) is 17.0 Å². The number of amides is 2. The number of nitrogens with one attached hydrogen (secondary N) is 1. The number of benzene rings is 2. The zero-order valence-electron chi connectivity index (χ0n) is 15.8. The van der Waals surface area contributed by atoms with Gasteiger partial charge in [-0.1, -0.05) is 42.5 Å². The van der Waals surface area contributed by atoms with Crippen LogP contribution in [0, 0.1) is 5.92 Å². The summed E-state index contributed by atoms with van der Waals surface area (Å²) in [5.41, 5.74) is 1.16. The second-order valence-corrected chi connectivity index (χ2v) is 7.16. The fourth-order valence-electron chi connectivity index (χ4n) is 3.63. The molecule has 5 heteroatoms. The molecule has 1 aliphatic heterocycles. The van der Waals surface area contributed by atoms with Gasteiger partial charge in [0, 0.05) is 33.3 Å². The fourth-order valence-corrected chi connectivity index (χ4v) is 3.63. The van der Waals surface area contributed by atoms with Crippen LogP contribution >= 0.6 is 0 Å². The topological polar surface area (TPSA) is 44.8 Å². The third-order valence-electron chi connectivity index (χ3n) is 5.12. The maximum atomic E-state index is 12.8. The number of ether oxygens (including phenoxy) is 1. The predicted molar refractivity (Wildman–Crippen MR) is 105 cm³/mol. The van der Waals surface area contributed by atoms with Crippen molar-refractivity contribution in [3.8, 4) is 0 Å². The van der Waals surface area contributed by atoms with Gasteiger partial charge in [0.2, 0.25) is 0 Å². The Morgan fingerprint density at radius 2 is 2.08 bits per heavy atom. The Hall–Kier alpha value is -2.11. The van der Waals surface area contributed by atoms with Crippen molar-refractivity contribution in [2.75, 3.05) is 46.9 Å². The standard InChI is InChI=1S/C21H29N3O2/c1-23-11-10-17(15-23)14-22-21(25)24(12-13-26-2)16-19-8-5-7-18-6-3-4-9-20(18)19/h3-9,17H,10-16H2,1-2H3,(H,22,25)/t17-/m0/s1. The molecule has 0 radical (unpaired) electrons. The maximum Gasteiger partial charge on any atom is 0.317 e. The number of nitrogens with zero attached hydrogens (tertiary/aromatic N) is 2. The van der Waals surface area contributed by atoms with Crippen molar-refractivity contribution in [2.45, 2.75) is 13.0 Å². The summed E-state index contributed by atoms with van der Waals surface area (Å²) in [4.78, 5) is 16.9. The molecular formula is C21H29N3O2. The quantitative estimate of drug-likeness (QED) is 0.830. The number of carbonyl (C=O) groups is 1. The van der Waals surface area contributed by atoms with Gasteiger partial charge in [0.1, 0.15) is 0 Å². The Balaban J connectivity index is 1.67. The molecule has 2 amide bonds. The van der Waals surface area contributed by atoms with Crippen LogP contribution in [0.2, 0.25) is 0 Å². The Kier molecular flexibility index (Phi) is 6.47. The Morgan fingerprint density at radius 1 is 1.27 bits per heavy atom. The second-order valence-electron chi connectivity index (χ2n) is 7.16. The van der Waals surface area contributed by atoms with Crippen molar-refractivity contribution in [2.24, 2.45) is 5.92 Å². The number of methoxy groups -OCH3 is 1. The summed E-state index contributed by atoms with van der Waals surface area (Å²) in [6.45, 7) is 4.61. The van der Waals surface area contributed by atoms with Crippen molar-refractivity contribution in [1.29, 1.82) is 0 Å². The molecule has 0 aliphatic carbocycles. The average Bonchev–Trinajstić information content (AvgIpc) is 3.08. The van der Waals surface area contributed by atoms with Crippen LogP contribution in [0.3, 0.4) is 0 Å². The third kappa shape index (κ3) is 4.74. The van der Waals surface area contributed by atoms with Gasteiger partial charge in [0.05, 0.1) is 6.61 Å². The minimum atomic E-state index is -0.00969. The van der Waals surface area contributed by atoms with Gasteiger partial charge in [-0.25, -0.2) is 4.79 Å². The Morgan fingerprint density at radius 3 is 2.85 bits per heavy atom. The van der Waals surface area contributed by atoms with Gasteiger partial charge >= 0.3 is 6.03 Å². The summed E-state index contributed by atoms with van der Waals surface area (Å²) < 4.78 is 5.21. The van der Waals surface area contributed by atoms with Crippen molar-refractivity contribution in [1.82, 2.24) is 15.1 Å². The zero-order valence-corrected chi connectivity index (χ0v) is 15.8. The average molecular weight is 355 g/mol. The highest BCUT2D eigenvalue weighted by Crippen LogP contribution is 2.20. The van der Waals surface area contributed by atoms with Crippen LogP contribution in [0.4, 0.5) is 4.79 Å². The first kappa shape index (κ1) is 18.7. The largest absolute Gasteiger partial charge is 0.383 e. The van der Waals surface area contributed by atoms with E-state index in [0.29, 0.717) is 25.6 Å². The monoisotopic (exact) mass is 355 g/mol. The van der Waals surface area contributed by atoms with Crippen LogP contribution in [-0.2, 0) is 11.3 Å². The predicted octanol–water partition coefficient (Wildman–Crippen LogP) is 2.95. The van der Waals surface area contributed by atoms with Gasteiger partial charge < -0.3 is 19.9 Å². The molecule has 1 heterocycles. The van der Waals surface area contributed by atoms with E-state index in [-0.39, 0.29) is 6.03 Å². The lowest BCUT2D eigenvalue weighted by Crippen LogP contribution is -2.43. The van der Waals surface area contributed by atoms with Crippen LogP contribution in [0.25, 0.3) is 10.8 Å². The zero-order chi connectivity index (χ0) is 18.4. The van der Waals surface area contributed by atoms with Gasteiger partial charge in [-0.2, -0.15) is 0 Å². The van der Waals surface area contributed by atoms with E-state index < -0.39 is 0 Å². The SMILES string of the molecule is COCCN(Cc1cccc2ccccc12)C(=O)NC[C@@H]1CCN(C)C1. The summed E-state index contributed by atoms with van der Waals surface area (Å²) in [7, 11) is 3.80. The molecule has 0 unspecified atom stereocenters. The second kappa shape index (κ2) is 9.01. The molecule has 26 heavy (non-hydrogen) atoms. The van der Waals surface area contributed by atoms with Crippen LogP contribution in [0.1, 0.15) is 12.0 Å². The molecule has 5 nitrogen and oxygen atoms in total. The highest BCUT2D eigenvalue weighted by Gasteiger charge is 2.21. The minimum Gasteiger partial charge on any atom is -0.383 e. The van der Waals surface area contributed by atoms with Gasteiger partial charge in [-0.05, 0) is 42.3 Å². The lowest BCUT2D eigenvalue weighted by atomic mass is 10.0. The number of rotatable bonds is 7. The molecule has 2 aromatic rings. The first-order valence-electron chi connectivity index (χ1n) is 9.34. The molecule has 140 valence electrons. The molecule has 1 aliphatic rings. The number of carbonyl (C=O) groups excluding carboxylic acids is 1. The van der Waals surface area contributed by atoms with E-state index in [9.17, 15) is 4.79 Å². The molecule has 1 fully saturated rings. The molecule has 1 atom stereocenters. The highest BCUT2D eigenvalue weighted by atomic mass is 16.5. The van der Waals surface area contributed by atoms with Gasteiger partial charge in [-0.3, -0.25) is 0 Å². The van der Waals surface area contributed by atoms with Crippen molar-refractivity contribution >= 4 is 16.8 Å². The van der Waals surface area contributed by atoms with E-state index in [2.05, 4.69) is 47.6 Å². The molecule has 0 saturated carbocycles. The normalized spacial score (nSPS) is 17.5.